The van der Waals surface area contributed by atoms with E-state index in [1.54, 1.807) is 4.90 Å². The molecule has 0 aliphatic carbocycles. The van der Waals surface area contributed by atoms with E-state index in [4.69, 9.17) is 15.2 Å². The quantitative estimate of drug-likeness (QED) is 0.818. The molecule has 4 rings (SSSR count). The average Bonchev–Trinajstić information content (AvgIpc) is 3.04. The summed E-state index contributed by atoms with van der Waals surface area (Å²) in [6.07, 6.45) is 1.85. The van der Waals surface area contributed by atoms with Gasteiger partial charge in [-0.1, -0.05) is 0 Å². The number of rotatable bonds is 3. The number of aromatic amines is 1. The second kappa shape index (κ2) is 5.96. The van der Waals surface area contributed by atoms with E-state index in [0.29, 0.717) is 6.79 Å². The Kier molecular flexibility index (Phi) is 3.67. The van der Waals surface area contributed by atoms with Crippen LogP contribution in [0.3, 0.4) is 0 Å². The summed E-state index contributed by atoms with van der Waals surface area (Å²) in [5.74, 6) is 2.87. The number of piperazine rings is 1. The summed E-state index contributed by atoms with van der Waals surface area (Å²) in [7, 11) is 0. The molecule has 0 radical (unpaired) electrons. The largest absolute Gasteiger partial charge is 0.454 e. The van der Waals surface area contributed by atoms with Gasteiger partial charge in [-0.3, -0.25) is 4.90 Å². The molecule has 1 fully saturated rings. The van der Waals surface area contributed by atoms with Crippen LogP contribution in [0.2, 0.25) is 0 Å². The van der Waals surface area contributed by atoms with Gasteiger partial charge in [0.15, 0.2) is 11.5 Å². The number of hydrogen-bond donors (Lipinski definition) is 2. The monoisotopic (exact) mass is 314 g/mol. The van der Waals surface area contributed by atoms with Gasteiger partial charge in [-0.05, 0) is 24.3 Å². The first-order chi connectivity index (χ1) is 11.3. The minimum absolute atomic E-state index is 0.336. The van der Waals surface area contributed by atoms with Crippen molar-refractivity contribution in [3.63, 3.8) is 0 Å². The molecule has 3 heterocycles. The summed E-state index contributed by atoms with van der Waals surface area (Å²) < 4.78 is 10.8. The lowest BCUT2D eigenvalue weighted by Gasteiger charge is -2.28. The predicted octanol–water partition coefficient (Wildman–Crippen LogP) is -0.283. The van der Waals surface area contributed by atoms with Crippen molar-refractivity contribution in [3.8, 4) is 11.5 Å². The molecule has 1 aromatic carbocycles. The maximum Gasteiger partial charge on any atom is 0.274 e. The number of nitrogen functional groups attached to an aromatic ring is 1. The molecule has 6 nitrogen and oxygen atoms in total. The number of nitrogens with two attached hydrogens (primary N) is 1. The van der Waals surface area contributed by atoms with E-state index in [1.807, 2.05) is 18.3 Å². The standard InChI is InChI=1S/C17H20N4O2/c18-14-2-4-17(19-10-14)21-7-5-20(6-8-21)11-13-1-3-15-16(9-13)23-12-22-15/h1-4,9-10H,5-8,11-12,18H2/p+2. The van der Waals surface area contributed by atoms with Crippen LogP contribution in [0.5, 0.6) is 11.5 Å². The van der Waals surface area contributed by atoms with Gasteiger partial charge in [0.25, 0.3) is 5.82 Å². The minimum Gasteiger partial charge on any atom is -0.454 e. The van der Waals surface area contributed by atoms with Gasteiger partial charge in [-0.15, -0.1) is 0 Å². The summed E-state index contributed by atoms with van der Waals surface area (Å²) >= 11 is 0. The first-order valence-electron chi connectivity index (χ1n) is 8.02. The first-order valence-corrected chi connectivity index (χ1v) is 8.02. The molecular weight excluding hydrogens is 292 g/mol. The molecule has 2 aromatic rings. The lowest BCUT2D eigenvalue weighted by atomic mass is 10.1. The zero-order valence-electron chi connectivity index (χ0n) is 13.0. The summed E-state index contributed by atoms with van der Waals surface area (Å²) in [5.41, 5.74) is 7.80. The maximum absolute atomic E-state index is 5.73. The van der Waals surface area contributed by atoms with Crippen molar-refractivity contribution in [2.45, 2.75) is 6.54 Å². The Morgan fingerprint density at radius 3 is 2.70 bits per heavy atom. The van der Waals surface area contributed by atoms with Crippen LogP contribution in [0, 0.1) is 0 Å². The summed E-state index contributed by atoms with van der Waals surface area (Å²) in [6.45, 7) is 5.68. The fraction of sp³-hybridized carbons (Fsp3) is 0.353. The molecule has 0 spiro atoms. The number of hydrogen-bond acceptors (Lipinski definition) is 4. The van der Waals surface area contributed by atoms with Crippen LogP contribution in [0.25, 0.3) is 0 Å². The Labute approximate surface area is 135 Å². The van der Waals surface area contributed by atoms with Gasteiger partial charge in [0.1, 0.15) is 38.9 Å². The fourth-order valence-corrected chi connectivity index (χ4v) is 3.21. The van der Waals surface area contributed by atoms with E-state index in [9.17, 15) is 0 Å². The molecule has 0 bridgehead atoms. The summed E-state index contributed by atoms with van der Waals surface area (Å²) in [4.78, 5) is 7.23. The third-order valence-electron chi connectivity index (χ3n) is 4.52. The number of nitrogens with zero attached hydrogens (tertiary/aromatic N) is 1. The maximum atomic E-state index is 5.73. The van der Waals surface area contributed by atoms with Gasteiger partial charge in [-0.25, -0.2) is 4.98 Å². The van der Waals surface area contributed by atoms with Crippen molar-refractivity contribution in [1.29, 1.82) is 0 Å². The van der Waals surface area contributed by atoms with Gasteiger partial charge < -0.3 is 20.1 Å². The number of H-pyrrole nitrogens is 1. The Morgan fingerprint density at radius 1 is 1.09 bits per heavy atom. The molecule has 1 saturated heterocycles. The highest BCUT2D eigenvalue weighted by Gasteiger charge is 2.26. The summed E-state index contributed by atoms with van der Waals surface area (Å²) in [5, 5.41) is 0. The molecule has 0 amide bonds. The highest BCUT2D eigenvalue weighted by Crippen LogP contribution is 2.32. The zero-order valence-corrected chi connectivity index (χ0v) is 13.0. The molecule has 2 aliphatic heterocycles. The molecular formula is C17H22N4O2+2. The summed E-state index contributed by atoms with van der Waals surface area (Å²) in [6, 6.07) is 10.3. The van der Waals surface area contributed by atoms with Crippen molar-refractivity contribution >= 4 is 11.5 Å². The lowest BCUT2D eigenvalue weighted by molar-refractivity contribution is -0.914. The molecule has 0 unspecified atom stereocenters. The molecule has 23 heavy (non-hydrogen) atoms. The number of quaternary nitrogens is 1. The van der Waals surface area contributed by atoms with Crippen LogP contribution in [-0.4, -0.2) is 33.0 Å². The predicted molar refractivity (Wildman–Crippen MR) is 86.6 cm³/mol. The van der Waals surface area contributed by atoms with Crippen LogP contribution in [-0.2, 0) is 6.54 Å². The highest BCUT2D eigenvalue weighted by atomic mass is 16.7. The molecule has 1 aromatic heterocycles. The van der Waals surface area contributed by atoms with E-state index < -0.39 is 0 Å². The molecule has 6 heteroatoms. The SMILES string of the molecule is Nc1ccc(N2CC[NH+](Cc3ccc4c(c3)OCO4)CC2)[nH+]c1. The van der Waals surface area contributed by atoms with Crippen LogP contribution < -0.4 is 30.0 Å². The number of anilines is 2. The number of aromatic nitrogens is 1. The topological polar surface area (TPSA) is 66.3 Å². The average molecular weight is 314 g/mol. The van der Waals surface area contributed by atoms with E-state index >= 15 is 0 Å². The third-order valence-corrected chi connectivity index (χ3v) is 4.52. The third kappa shape index (κ3) is 3.03. The van der Waals surface area contributed by atoms with Crippen LogP contribution in [0.15, 0.2) is 36.5 Å². The van der Waals surface area contributed by atoms with Gasteiger partial charge in [0.2, 0.25) is 6.79 Å². The second-order valence-electron chi connectivity index (χ2n) is 6.11. The number of fused-ring (bicyclic) bond motifs is 1. The lowest BCUT2D eigenvalue weighted by Crippen LogP contribution is -3.13. The Bertz CT molecular complexity index is 681. The van der Waals surface area contributed by atoms with Crippen molar-refractivity contribution < 1.29 is 19.4 Å². The highest BCUT2D eigenvalue weighted by molar-refractivity contribution is 5.44. The molecule has 0 saturated carbocycles. The minimum atomic E-state index is 0.336. The van der Waals surface area contributed by atoms with E-state index in [1.165, 1.54) is 5.56 Å². The van der Waals surface area contributed by atoms with Crippen LogP contribution in [0.4, 0.5) is 11.5 Å². The Morgan fingerprint density at radius 2 is 1.91 bits per heavy atom. The van der Waals surface area contributed by atoms with Gasteiger partial charge in [-0.2, -0.15) is 0 Å². The van der Waals surface area contributed by atoms with Crippen LogP contribution in [0.1, 0.15) is 5.56 Å². The number of benzene rings is 1. The molecule has 0 atom stereocenters. The van der Waals surface area contributed by atoms with E-state index in [2.05, 4.69) is 28.1 Å². The first kappa shape index (κ1) is 14.1. The van der Waals surface area contributed by atoms with Crippen molar-refractivity contribution in [2.75, 3.05) is 43.6 Å². The Hall–Kier alpha value is -2.47. The molecule has 2 aliphatic rings. The van der Waals surface area contributed by atoms with Crippen LogP contribution >= 0.6 is 0 Å². The number of ether oxygens (including phenoxy) is 2. The smallest absolute Gasteiger partial charge is 0.274 e. The van der Waals surface area contributed by atoms with Gasteiger partial charge in [0, 0.05) is 11.6 Å². The fourth-order valence-electron chi connectivity index (χ4n) is 3.21. The van der Waals surface area contributed by atoms with E-state index in [-0.39, 0.29) is 0 Å². The molecule has 120 valence electrons. The molecule has 4 N–H and O–H groups in total. The second-order valence-corrected chi connectivity index (χ2v) is 6.11. The van der Waals surface area contributed by atoms with Crippen molar-refractivity contribution in [2.24, 2.45) is 0 Å². The van der Waals surface area contributed by atoms with Crippen molar-refractivity contribution in [1.82, 2.24) is 0 Å². The Balaban J connectivity index is 1.35. The van der Waals surface area contributed by atoms with Crippen molar-refractivity contribution in [3.05, 3.63) is 42.1 Å². The van der Waals surface area contributed by atoms with E-state index in [0.717, 1.165) is 55.7 Å². The number of nitrogens with one attached hydrogen (secondary N) is 2. The van der Waals surface area contributed by atoms with Gasteiger partial charge in [0.05, 0.1) is 5.69 Å². The number of pyridine rings is 1. The zero-order chi connectivity index (χ0) is 15.6. The normalized spacial score (nSPS) is 17.5. The van der Waals surface area contributed by atoms with Gasteiger partial charge >= 0.3 is 0 Å².